The van der Waals surface area contributed by atoms with Crippen LogP contribution in [0.25, 0.3) is 0 Å². The third kappa shape index (κ3) is 2.12. The van der Waals surface area contributed by atoms with Crippen LogP contribution in [0.3, 0.4) is 0 Å². The van der Waals surface area contributed by atoms with Gasteiger partial charge in [0.25, 0.3) is 5.91 Å². The maximum atomic E-state index is 13.6. The first-order valence-corrected chi connectivity index (χ1v) is 4.26. The molecule has 0 radical (unpaired) electrons. The van der Waals surface area contributed by atoms with Crippen molar-refractivity contribution in [1.82, 2.24) is 0 Å². The summed E-state index contributed by atoms with van der Waals surface area (Å²) < 4.78 is 13.6. The lowest BCUT2D eigenvalue weighted by Gasteiger charge is -2.09. The fraction of sp³-hybridized carbons (Fsp3) is 0.200. The van der Waals surface area contributed by atoms with Crippen LogP contribution >= 0.6 is 0 Å². The molecule has 0 aromatic heterocycles. The maximum Gasteiger partial charge on any atom is 0.310 e. The van der Waals surface area contributed by atoms with Gasteiger partial charge in [-0.05, 0) is 13.0 Å². The Labute approximate surface area is 85.5 Å². The van der Waals surface area contributed by atoms with Crippen LogP contribution in [0.4, 0.5) is 4.39 Å². The molecule has 0 spiro atoms. The van der Waals surface area contributed by atoms with Crippen LogP contribution in [0, 0.1) is 5.82 Å². The average Bonchev–Trinajstić information content (AvgIpc) is 2.16. The second-order valence-corrected chi connectivity index (χ2v) is 3.13. The molecule has 0 saturated carbocycles. The molecule has 1 atom stereocenters. The van der Waals surface area contributed by atoms with Crippen molar-refractivity contribution in [3.05, 3.63) is 35.1 Å². The van der Waals surface area contributed by atoms with Gasteiger partial charge in [0.15, 0.2) is 0 Å². The summed E-state index contributed by atoms with van der Waals surface area (Å²) in [5.41, 5.74) is 4.60. The van der Waals surface area contributed by atoms with Crippen LogP contribution in [0.2, 0.25) is 0 Å². The molecular formula is C10H10FNO3. The topological polar surface area (TPSA) is 80.4 Å². The molecule has 1 unspecified atom stereocenters. The minimum Gasteiger partial charge on any atom is -0.481 e. The van der Waals surface area contributed by atoms with E-state index in [9.17, 15) is 14.0 Å². The van der Waals surface area contributed by atoms with Crippen molar-refractivity contribution in [2.45, 2.75) is 12.8 Å². The van der Waals surface area contributed by atoms with Crippen molar-refractivity contribution in [2.75, 3.05) is 0 Å². The molecular weight excluding hydrogens is 201 g/mol. The molecule has 0 saturated heterocycles. The summed E-state index contributed by atoms with van der Waals surface area (Å²) in [6, 6.07) is 3.94. The molecule has 4 nitrogen and oxygen atoms in total. The van der Waals surface area contributed by atoms with Gasteiger partial charge >= 0.3 is 5.97 Å². The summed E-state index contributed by atoms with van der Waals surface area (Å²) >= 11 is 0. The SMILES string of the molecule is CC(C(=O)O)c1cccc(C(N)=O)c1F. The Bertz CT molecular complexity index is 417. The Hall–Kier alpha value is -1.91. The Balaban J connectivity index is 3.26. The van der Waals surface area contributed by atoms with Crippen LogP contribution in [-0.2, 0) is 4.79 Å². The summed E-state index contributed by atoms with van der Waals surface area (Å²) in [5.74, 6) is -3.94. The summed E-state index contributed by atoms with van der Waals surface area (Å²) in [5, 5.41) is 8.71. The van der Waals surface area contributed by atoms with Gasteiger partial charge in [0.05, 0.1) is 11.5 Å². The molecule has 0 fully saturated rings. The minimum atomic E-state index is -1.16. The van der Waals surface area contributed by atoms with Gasteiger partial charge in [0.2, 0.25) is 0 Å². The van der Waals surface area contributed by atoms with Gasteiger partial charge in [0, 0.05) is 5.56 Å². The van der Waals surface area contributed by atoms with Gasteiger partial charge in [-0.1, -0.05) is 12.1 Å². The van der Waals surface area contributed by atoms with E-state index in [0.29, 0.717) is 0 Å². The van der Waals surface area contributed by atoms with E-state index in [1.807, 2.05) is 0 Å². The number of carboxylic acids is 1. The number of primary amides is 1. The zero-order valence-electron chi connectivity index (χ0n) is 8.03. The Morgan fingerprint density at radius 2 is 2.07 bits per heavy atom. The van der Waals surface area contributed by atoms with Crippen molar-refractivity contribution in [1.29, 1.82) is 0 Å². The van der Waals surface area contributed by atoms with E-state index >= 15 is 0 Å². The molecule has 0 aliphatic carbocycles. The molecule has 5 heteroatoms. The molecule has 15 heavy (non-hydrogen) atoms. The zero-order chi connectivity index (χ0) is 11.6. The molecule has 0 aliphatic rings. The van der Waals surface area contributed by atoms with Crippen LogP contribution in [-0.4, -0.2) is 17.0 Å². The van der Waals surface area contributed by atoms with Crippen molar-refractivity contribution in [3.8, 4) is 0 Å². The molecule has 1 aromatic carbocycles. The number of nitrogens with two attached hydrogens (primary N) is 1. The van der Waals surface area contributed by atoms with E-state index < -0.39 is 23.6 Å². The van der Waals surface area contributed by atoms with Gasteiger partial charge in [0.1, 0.15) is 5.82 Å². The Morgan fingerprint density at radius 3 is 2.53 bits per heavy atom. The number of carbonyl (C=O) groups is 2. The van der Waals surface area contributed by atoms with Gasteiger partial charge < -0.3 is 10.8 Å². The summed E-state index contributed by atoms with van der Waals surface area (Å²) in [6.07, 6.45) is 0. The van der Waals surface area contributed by atoms with E-state index in [0.717, 1.165) is 0 Å². The van der Waals surface area contributed by atoms with Crippen LogP contribution < -0.4 is 5.73 Å². The van der Waals surface area contributed by atoms with Gasteiger partial charge in [-0.15, -0.1) is 0 Å². The lowest BCUT2D eigenvalue weighted by Crippen LogP contribution is -2.16. The first kappa shape index (κ1) is 11.2. The van der Waals surface area contributed by atoms with Crippen molar-refractivity contribution in [2.24, 2.45) is 5.73 Å². The normalized spacial score (nSPS) is 12.1. The molecule has 0 bridgehead atoms. The number of benzene rings is 1. The number of carboxylic acid groups (broad SMARTS) is 1. The lowest BCUT2D eigenvalue weighted by atomic mass is 9.98. The minimum absolute atomic E-state index is 0.0428. The van der Waals surface area contributed by atoms with E-state index in [1.165, 1.54) is 25.1 Å². The predicted octanol–water partition coefficient (Wildman–Crippen LogP) is 1.11. The second-order valence-electron chi connectivity index (χ2n) is 3.13. The molecule has 80 valence electrons. The van der Waals surface area contributed by atoms with E-state index in [-0.39, 0.29) is 11.1 Å². The van der Waals surface area contributed by atoms with Crippen LogP contribution in [0.1, 0.15) is 28.8 Å². The summed E-state index contributed by atoms with van der Waals surface area (Å²) in [6.45, 7) is 1.34. The molecule has 0 aliphatic heterocycles. The molecule has 3 N–H and O–H groups in total. The number of hydrogen-bond donors (Lipinski definition) is 2. The van der Waals surface area contributed by atoms with E-state index in [4.69, 9.17) is 10.8 Å². The number of aliphatic carboxylic acids is 1. The largest absolute Gasteiger partial charge is 0.481 e. The standard InChI is InChI=1S/C10H10FNO3/c1-5(10(14)15)6-3-2-4-7(8(6)11)9(12)13/h2-5H,1H3,(H2,12,13)(H,14,15). The second kappa shape index (κ2) is 4.08. The van der Waals surface area contributed by atoms with Crippen molar-refractivity contribution in [3.63, 3.8) is 0 Å². The van der Waals surface area contributed by atoms with Crippen molar-refractivity contribution >= 4 is 11.9 Å². The highest BCUT2D eigenvalue weighted by molar-refractivity contribution is 5.93. The summed E-state index contributed by atoms with van der Waals surface area (Å²) in [4.78, 5) is 21.5. The first-order chi connectivity index (χ1) is 6.95. The number of amides is 1. The fourth-order valence-corrected chi connectivity index (χ4v) is 1.21. The molecule has 1 aromatic rings. The fourth-order valence-electron chi connectivity index (χ4n) is 1.21. The molecule has 1 amide bonds. The number of rotatable bonds is 3. The monoisotopic (exact) mass is 211 g/mol. The average molecular weight is 211 g/mol. The van der Waals surface area contributed by atoms with Gasteiger partial charge in [-0.3, -0.25) is 9.59 Å². The van der Waals surface area contributed by atoms with E-state index in [2.05, 4.69) is 0 Å². The highest BCUT2D eigenvalue weighted by atomic mass is 19.1. The first-order valence-electron chi connectivity index (χ1n) is 4.26. The molecule has 0 heterocycles. The lowest BCUT2D eigenvalue weighted by molar-refractivity contribution is -0.138. The van der Waals surface area contributed by atoms with Gasteiger partial charge in [-0.2, -0.15) is 0 Å². The van der Waals surface area contributed by atoms with Crippen LogP contribution in [0.5, 0.6) is 0 Å². The third-order valence-corrected chi connectivity index (χ3v) is 2.13. The highest BCUT2D eigenvalue weighted by Gasteiger charge is 2.21. The highest BCUT2D eigenvalue weighted by Crippen LogP contribution is 2.21. The maximum absolute atomic E-state index is 13.6. The smallest absolute Gasteiger partial charge is 0.310 e. The quantitative estimate of drug-likeness (QED) is 0.785. The zero-order valence-corrected chi connectivity index (χ0v) is 8.03. The number of hydrogen-bond acceptors (Lipinski definition) is 2. The third-order valence-electron chi connectivity index (χ3n) is 2.13. The Morgan fingerprint density at radius 1 is 1.47 bits per heavy atom. The van der Waals surface area contributed by atoms with Crippen molar-refractivity contribution < 1.29 is 19.1 Å². The number of carbonyl (C=O) groups excluding carboxylic acids is 1. The summed E-state index contributed by atoms with van der Waals surface area (Å²) in [7, 11) is 0. The molecule has 1 rings (SSSR count). The predicted molar refractivity (Wildman–Crippen MR) is 51.0 cm³/mol. The Kier molecular flexibility index (Phi) is 3.04. The van der Waals surface area contributed by atoms with Gasteiger partial charge in [-0.25, -0.2) is 4.39 Å². The van der Waals surface area contributed by atoms with E-state index in [1.54, 1.807) is 0 Å². The van der Waals surface area contributed by atoms with Crippen LogP contribution in [0.15, 0.2) is 18.2 Å². The number of halogens is 1.